The Balaban J connectivity index is 1.82. The molecular weight excluding hydrogens is 334 g/mol. The van der Waals surface area contributed by atoms with Crippen molar-refractivity contribution in [3.05, 3.63) is 34.9 Å². The molecule has 1 heterocycles. The van der Waals surface area contributed by atoms with Gasteiger partial charge in [-0.3, -0.25) is 9.59 Å². The maximum absolute atomic E-state index is 12.2. The van der Waals surface area contributed by atoms with Gasteiger partial charge in [-0.25, -0.2) is 0 Å². The van der Waals surface area contributed by atoms with Crippen molar-refractivity contribution in [2.75, 3.05) is 20.3 Å². The Kier molecular flexibility index (Phi) is 6.57. The first-order valence-electron chi connectivity index (χ1n) is 7.57. The summed E-state index contributed by atoms with van der Waals surface area (Å²) >= 11 is 5.85. The Bertz CT molecular complexity index is 618. The highest BCUT2D eigenvalue weighted by atomic mass is 35.5. The summed E-state index contributed by atoms with van der Waals surface area (Å²) in [5.41, 5.74) is 1.52. The minimum atomic E-state index is -0.745. The fraction of sp³-hybridized carbons (Fsp3) is 0.438. The van der Waals surface area contributed by atoms with Crippen LogP contribution in [0.25, 0.3) is 0 Å². The Morgan fingerprint density at radius 2 is 2.12 bits per heavy atom. The number of nitrogens with one attached hydrogen (secondary N) is 2. The number of ether oxygens (including phenoxy) is 1. The lowest BCUT2D eigenvalue weighted by Gasteiger charge is -2.16. The first kappa shape index (κ1) is 18.2. The minimum absolute atomic E-state index is 0.280. The molecule has 7 nitrogen and oxygen atoms in total. The molecule has 1 aliphatic rings. The van der Waals surface area contributed by atoms with Gasteiger partial charge < -0.3 is 20.2 Å². The molecule has 0 saturated carbocycles. The molecule has 2 atom stereocenters. The predicted molar refractivity (Wildman–Crippen MR) is 90.0 cm³/mol. The van der Waals surface area contributed by atoms with Gasteiger partial charge in [-0.1, -0.05) is 28.9 Å². The van der Waals surface area contributed by atoms with Crippen LogP contribution in [0.4, 0.5) is 0 Å². The molecule has 0 radical (unpaired) electrons. The molecule has 0 saturated heterocycles. The highest BCUT2D eigenvalue weighted by molar-refractivity contribution is 6.30. The molecular formula is C16H20ClN3O4. The van der Waals surface area contributed by atoms with Gasteiger partial charge in [-0.05, 0) is 24.6 Å². The number of benzene rings is 1. The van der Waals surface area contributed by atoms with E-state index in [0.29, 0.717) is 30.3 Å². The maximum Gasteiger partial charge on any atom is 0.264 e. The number of hydrogen-bond donors (Lipinski definition) is 2. The quantitative estimate of drug-likeness (QED) is 0.718. The molecule has 2 N–H and O–H groups in total. The van der Waals surface area contributed by atoms with E-state index in [1.54, 1.807) is 26.2 Å². The van der Waals surface area contributed by atoms with Gasteiger partial charge in [0.1, 0.15) is 6.04 Å². The van der Waals surface area contributed by atoms with Crippen molar-refractivity contribution in [2.45, 2.75) is 25.5 Å². The topological polar surface area (TPSA) is 89.0 Å². The van der Waals surface area contributed by atoms with Crippen LogP contribution < -0.4 is 10.6 Å². The van der Waals surface area contributed by atoms with Crippen LogP contribution in [0.1, 0.15) is 18.9 Å². The lowest BCUT2D eigenvalue weighted by molar-refractivity contribution is -0.135. The third kappa shape index (κ3) is 4.94. The van der Waals surface area contributed by atoms with Crippen LogP contribution in [0, 0.1) is 0 Å². The van der Waals surface area contributed by atoms with E-state index in [0.717, 1.165) is 5.56 Å². The van der Waals surface area contributed by atoms with E-state index in [2.05, 4.69) is 15.8 Å². The number of halogens is 1. The van der Waals surface area contributed by atoms with Crippen LogP contribution in [0.5, 0.6) is 0 Å². The number of nitrogens with zero attached hydrogens (tertiary/aromatic N) is 1. The number of carbonyl (C=O) groups excluding carboxylic acids is 2. The highest BCUT2D eigenvalue weighted by Crippen LogP contribution is 2.18. The van der Waals surface area contributed by atoms with Crippen LogP contribution in [0.2, 0.25) is 5.02 Å². The first-order chi connectivity index (χ1) is 11.5. The lowest BCUT2D eigenvalue weighted by Crippen LogP contribution is -2.48. The smallest absolute Gasteiger partial charge is 0.264 e. The zero-order chi connectivity index (χ0) is 17.5. The van der Waals surface area contributed by atoms with E-state index in [4.69, 9.17) is 21.2 Å². The zero-order valence-corrected chi connectivity index (χ0v) is 14.3. The van der Waals surface area contributed by atoms with Gasteiger partial charge in [0.05, 0.1) is 12.3 Å². The summed E-state index contributed by atoms with van der Waals surface area (Å²) in [6, 6.07) is 6.46. The molecule has 8 heteroatoms. The van der Waals surface area contributed by atoms with E-state index in [9.17, 15) is 9.59 Å². The lowest BCUT2D eigenvalue weighted by atomic mass is 10.0. The molecule has 2 rings (SSSR count). The van der Waals surface area contributed by atoms with Crippen molar-refractivity contribution in [1.29, 1.82) is 0 Å². The van der Waals surface area contributed by atoms with Gasteiger partial charge in [0.15, 0.2) is 0 Å². The Labute approximate surface area is 145 Å². The van der Waals surface area contributed by atoms with Crippen molar-refractivity contribution < 1.29 is 19.2 Å². The standard InChI is InChI=1S/C16H20ClN3O4/c1-10(15(21)18-7-8-23-2)19-16(22)14-9-13(20-24-14)11-3-5-12(17)6-4-11/h3-6,10,14H,7-9H2,1-2H3,(H,18,21)(H,19,22)/t10-,14-/m0/s1. The van der Waals surface area contributed by atoms with Crippen molar-refractivity contribution in [1.82, 2.24) is 10.6 Å². The van der Waals surface area contributed by atoms with Crippen molar-refractivity contribution in [2.24, 2.45) is 5.16 Å². The van der Waals surface area contributed by atoms with Gasteiger partial charge in [0.25, 0.3) is 5.91 Å². The van der Waals surface area contributed by atoms with E-state index >= 15 is 0 Å². The normalized spacial score (nSPS) is 17.6. The van der Waals surface area contributed by atoms with Crippen LogP contribution >= 0.6 is 11.6 Å². The Morgan fingerprint density at radius 3 is 2.79 bits per heavy atom. The molecule has 1 aromatic rings. The number of carbonyl (C=O) groups is 2. The van der Waals surface area contributed by atoms with E-state index < -0.39 is 12.1 Å². The average molecular weight is 354 g/mol. The summed E-state index contributed by atoms with van der Waals surface area (Å²) in [5, 5.41) is 9.85. The highest BCUT2D eigenvalue weighted by Gasteiger charge is 2.30. The fourth-order valence-electron chi connectivity index (χ4n) is 2.13. The maximum atomic E-state index is 12.2. The Hall–Kier alpha value is -2.12. The Morgan fingerprint density at radius 1 is 1.42 bits per heavy atom. The molecule has 0 unspecified atom stereocenters. The van der Waals surface area contributed by atoms with Gasteiger partial charge in [0.2, 0.25) is 12.0 Å². The summed E-state index contributed by atoms with van der Waals surface area (Å²) < 4.78 is 4.85. The summed E-state index contributed by atoms with van der Waals surface area (Å²) in [4.78, 5) is 29.2. The van der Waals surface area contributed by atoms with Gasteiger partial charge in [-0.15, -0.1) is 0 Å². The molecule has 130 valence electrons. The van der Waals surface area contributed by atoms with Gasteiger partial charge in [0, 0.05) is 25.1 Å². The largest absolute Gasteiger partial charge is 0.383 e. The molecule has 2 amide bonds. The number of hydrogen-bond acceptors (Lipinski definition) is 5. The van der Waals surface area contributed by atoms with Crippen LogP contribution in [0.15, 0.2) is 29.4 Å². The van der Waals surface area contributed by atoms with Crippen molar-refractivity contribution in [3.63, 3.8) is 0 Å². The number of amides is 2. The average Bonchev–Trinajstić information content (AvgIpc) is 3.05. The van der Waals surface area contributed by atoms with Crippen molar-refractivity contribution >= 4 is 29.1 Å². The van der Waals surface area contributed by atoms with E-state index in [-0.39, 0.29) is 11.8 Å². The number of methoxy groups -OCH3 is 1. The predicted octanol–water partition coefficient (Wildman–Crippen LogP) is 1.10. The molecule has 0 spiro atoms. The zero-order valence-electron chi connectivity index (χ0n) is 13.5. The molecule has 1 aliphatic heterocycles. The number of oxime groups is 1. The molecule has 0 fully saturated rings. The summed E-state index contributed by atoms with van der Waals surface area (Å²) in [6.45, 7) is 2.41. The van der Waals surface area contributed by atoms with E-state index in [1.807, 2.05) is 12.1 Å². The molecule has 0 aliphatic carbocycles. The van der Waals surface area contributed by atoms with Crippen LogP contribution in [0.3, 0.4) is 0 Å². The molecule has 0 aromatic heterocycles. The third-order valence-corrected chi connectivity index (χ3v) is 3.75. The van der Waals surface area contributed by atoms with Crippen molar-refractivity contribution in [3.8, 4) is 0 Å². The van der Waals surface area contributed by atoms with Gasteiger partial charge in [-0.2, -0.15) is 0 Å². The van der Waals surface area contributed by atoms with Gasteiger partial charge >= 0.3 is 0 Å². The van der Waals surface area contributed by atoms with Crippen LogP contribution in [-0.2, 0) is 19.2 Å². The second-order valence-electron chi connectivity index (χ2n) is 5.36. The first-order valence-corrected chi connectivity index (χ1v) is 7.94. The summed E-state index contributed by atoms with van der Waals surface area (Å²) in [7, 11) is 1.55. The molecule has 24 heavy (non-hydrogen) atoms. The monoisotopic (exact) mass is 353 g/mol. The van der Waals surface area contributed by atoms with Crippen LogP contribution in [-0.4, -0.2) is 49.9 Å². The number of rotatable bonds is 7. The minimum Gasteiger partial charge on any atom is -0.383 e. The summed E-state index contributed by atoms with van der Waals surface area (Å²) in [6.07, 6.45) is -0.407. The molecule has 0 bridgehead atoms. The second kappa shape index (κ2) is 8.65. The fourth-order valence-corrected chi connectivity index (χ4v) is 2.26. The van der Waals surface area contributed by atoms with E-state index in [1.165, 1.54) is 0 Å². The summed E-state index contributed by atoms with van der Waals surface area (Å²) in [5.74, 6) is -0.658. The third-order valence-electron chi connectivity index (χ3n) is 3.50. The second-order valence-corrected chi connectivity index (χ2v) is 5.79. The SMILES string of the molecule is COCCNC(=O)[C@H](C)NC(=O)[C@@H]1CC(c2ccc(Cl)cc2)=NO1. The molecule has 1 aromatic carbocycles.